The van der Waals surface area contributed by atoms with Crippen LogP contribution < -0.4 is 15.8 Å². The predicted molar refractivity (Wildman–Crippen MR) is 78.2 cm³/mol. The average molecular weight is 346 g/mol. The molecule has 0 radical (unpaired) electrons. The Morgan fingerprint density at radius 2 is 2.04 bits per heavy atom. The molecule has 0 aliphatic heterocycles. The molecule has 0 saturated heterocycles. The fraction of sp³-hybridized carbons (Fsp3) is 0.143. The summed E-state index contributed by atoms with van der Waals surface area (Å²) in [5.41, 5.74) is 5.79. The second kappa shape index (κ2) is 6.74. The second-order valence-electron chi connectivity index (χ2n) is 4.43. The van der Waals surface area contributed by atoms with Crippen molar-refractivity contribution in [3.8, 4) is 5.75 Å². The summed E-state index contributed by atoms with van der Waals surface area (Å²) in [6.07, 6.45) is -3.61. The molecule has 2 rings (SSSR count). The highest BCUT2D eigenvalue weighted by molar-refractivity contribution is 6.29. The minimum atomic E-state index is -4.80. The van der Waals surface area contributed by atoms with Crippen LogP contribution in [0.4, 0.5) is 18.9 Å². The number of aromatic nitrogens is 1. The highest BCUT2D eigenvalue weighted by Crippen LogP contribution is 2.27. The summed E-state index contributed by atoms with van der Waals surface area (Å²) in [4.78, 5) is 15.1. The molecule has 1 amide bonds. The lowest BCUT2D eigenvalue weighted by Gasteiger charge is -2.15. The fourth-order valence-corrected chi connectivity index (χ4v) is 1.99. The Hall–Kier alpha value is -2.48. The van der Waals surface area contributed by atoms with Gasteiger partial charge in [0.2, 0.25) is 0 Å². The van der Waals surface area contributed by atoms with Crippen molar-refractivity contribution in [1.82, 2.24) is 4.98 Å². The fourth-order valence-electron chi connectivity index (χ4n) is 1.84. The molecule has 9 heteroatoms. The highest BCUT2D eigenvalue weighted by Gasteiger charge is 2.31. The van der Waals surface area contributed by atoms with E-state index < -0.39 is 12.3 Å². The Bertz CT molecular complexity index is 723. The third-order valence-corrected chi connectivity index (χ3v) is 3.01. The van der Waals surface area contributed by atoms with Gasteiger partial charge in [-0.25, -0.2) is 4.98 Å². The highest BCUT2D eigenvalue weighted by atomic mass is 35.5. The van der Waals surface area contributed by atoms with Crippen LogP contribution >= 0.6 is 11.6 Å². The minimum Gasteiger partial charge on any atom is -0.405 e. The molecule has 2 aromatic rings. The lowest BCUT2D eigenvalue weighted by Crippen LogP contribution is -2.19. The Labute approximate surface area is 134 Å². The van der Waals surface area contributed by atoms with Gasteiger partial charge in [0, 0.05) is 18.3 Å². The first-order valence-electron chi connectivity index (χ1n) is 6.29. The number of halogens is 4. The Morgan fingerprint density at radius 1 is 1.35 bits per heavy atom. The van der Waals surface area contributed by atoms with Crippen LogP contribution in [0.25, 0.3) is 0 Å². The van der Waals surface area contributed by atoms with Crippen LogP contribution in [0.3, 0.4) is 0 Å². The van der Waals surface area contributed by atoms with Crippen molar-refractivity contribution < 1.29 is 22.7 Å². The van der Waals surface area contributed by atoms with Gasteiger partial charge in [-0.15, -0.1) is 13.2 Å². The number of primary amides is 1. The molecule has 0 unspecified atom stereocenters. The number of carbonyl (C=O) groups excluding carboxylic acids is 1. The number of benzene rings is 1. The van der Waals surface area contributed by atoms with Gasteiger partial charge in [-0.2, -0.15) is 0 Å². The van der Waals surface area contributed by atoms with E-state index in [0.717, 1.165) is 0 Å². The van der Waals surface area contributed by atoms with Gasteiger partial charge in [0.15, 0.2) is 0 Å². The number of nitrogens with two attached hydrogens (primary N) is 1. The normalized spacial score (nSPS) is 11.1. The Kier molecular flexibility index (Phi) is 4.95. The van der Waals surface area contributed by atoms with Gasteiger partial charge in [-0.1, -0.05) is 29.8 Å². The number of rotatable bonds is 5. The van der Waals surface area contributed by atoms with Crippen LogP contribution in [0.1, 0.15) is 15.9 Å². The number of amides is 1. The summed E-state index contributed by atoms with van der Waals surface area (Å²) in [7, 11) is 0. The lowest BCUT2D eigenvalue weighted by molar-refractivity contribution is -0.274. The number of hydrogen-bond acceptors (Lipinski definition) is 4. The van der Waals surface area contributed by atoms with Crippen LogP contribution in [0.15, 0.2) is 36.5 Å². The van der Waals surface area contributed by atoms with E-state index >= 15 is 0 Å². The number of ether oxygens (including phenoxy) is 1. The Morgan fingerprint density at radius 3 is 2.70 bits per heavy atom. The largest absolute Gasteiger partial charge is 0.573 e. The van der Waals surface area contributed by atoms with E-state index in [4.69, 9.17) is 17.3 Å². The summed E-state index contributed by atoms with van der Waals surface area (Å²) >= 11 is 5.74. The van der Waals surface area contributed by atoms with E-state index in [-0.39, 0.29) is 34.3 Å². The molecule has 0 fully saturated rings. The molecule has 0 aliphatic carbocycles. The number of pyridine rings is 1. The zero-order valence-corrected chi connectivity index (χ0v) is 12.3. The molecule has 122 valence electrons. The summed E-state index contributed by atoms with van der Waals surface area (Å²) in [6, 6.07) is 6.99. The van der Waals surface area contributed by atoms with Gasteiger partial charge in [-0.3, -0.25) is 4.79 Å². The van der Waals surface area contributed by atoms with Crippen molar-refractivity contribution in [2.75, 3.05) is 5.32 Å². The molecule has 0 aliphatic rings. The molecule has 0 saturated carbocycles. The number of anilines is 1. The van der Waals surface area contributed by atoms with Crippen molar-refractivity contribution in [3.63, 3.8) is 0 Å². The van der Waals surface area contributed by atoms with Gasteiger partial charge in [0.1, 0.15) is 10.9 Å². The van der Waals surface area contributed by atoms with Gasteiger partial charge < -0.3 is 15.8 Å². The summed E-state index contributed by atoms with van der Waals surface area (Å²) in [5, 5.41) is 2.91. The second-order valence-corrected chi connectivity index (χ2v) is 4.81. The van der Waals surface area contributed by atoms with Gasteiger partial charge in [-0.05, 0) is 12.1 Å². The monoisotopic (exact) mass is 345 g/mol. The van der Waals surface area contributed by atoms with E-state index in [1.807, 2.05) is 0 Å². The SMILES string of the molecule is NC(=O)c1cnc(Cl)cc1NCc1ccccc1OC(F)(F)F. The first-order valence-corrected chi connectivity index (χ1v) is 6.67. The summed E-state index contributed by atoms with van der Waals surface area (Å²) < 4.78 is 41.1. The molecular formula is C14H11ClF3N3O2. The number of alkyl halides is 3. The maximum atomic E-state index is 12.4. The van der Waals surface area contributed by atoms with Crippen LogP contribution in [0.5, 0.6) is 5.75 Å². The lowest BCUT2D eigenvalue weighted by atomic mass is 10.1. The molecule has 1 heterocycles. The molecule has 23 heavy (non-hydrogen) atoms. The third-order valence-electron chi connectivity index (χ3n) is 2.80. The molecule has 1 aromatic carbocycles. The van der Waals surface area contributed by atoms with E-state index in [0.29, 0.717) is 0 Å². The average Bonchev–Trinajstić information content (AvgIpc) is 2.44. The maximum absolute atomic E-state index is 12.4. The zero-order chi connectivity index (χ0) is 17.0. The standard InChI is InChI=1S/C14H11ClF3N3O2/c15-12-5-10(9(7-21-12)13(19)22)20-6-8-3-1-2-4-11(8)23-14(16,17)18/h1-5,7H,6H2,(H2,19,22)(H,20,21). The van der Waals surface area contributed by atoms with Gasteiger partial charge >= 0.3 is 6.36 Å². The van der Waals surface area contributed by atoms with Crippen molar-refractivity contribution in [1.29, 1.82) is 0 Å². The maximum Gasteiger partial charge on any atom is 0.573 e. The van der Waals surface area contributed by atoms with Gasteiger partial charge in [0.05, 0.1) is 11.3 Å². The Balaban J connectivity index is 2.22. The minimum absolute atomic E-state index is 0.0348. The number of nitrogens with one attached hydrogen (secondary N) is 1. The van der Waals surface area contributed by atoms with Crippen molar-refractivity contribution in [2.24, 2.45) is 5.73 Å². The number of nitrogens with zero attached hydrogens (tertiary/aromatic N) is 1. The van der Waals surface area contributed by atoms with Gasteiger partial charge in [0.25, 0.3) is 5.91 Å². The molecule has 0 bridgehead atoms. The smallest absolute Gasteiger partial charge is 0.405 e. The van der Waals surface area contributed by atoms with E-state index in [1.54, 1.807) is 6.07 Å². The molecule has 5 nitrogen and oxygen atoms in total. The molecule has 0 spiro atoms. The van der Waals surface area contributed by atoms with Crippen LogP contribution in [0, 0.1) is 0 Å². The molecule has 3 N–H and O–H groups in total. The zero-order valence-electron chi connectivity index (χ0n) is 11.5. The molecule has 0 atom stereocenters. The van der Waals surface area contributed by atoms with Crippen molar-refractivity contribution in [2.45, 2.75) is 12.9 Å². The van der Waals surface area contributed by atoms with Crippen LogP contribution in [0.2, 0.25) is 5.15 Å². The number of para-hydroxylation sites is 1. The third kappa shape index (κ3) is 4.75. The van der Waals surface area contributed by atoms with Crippen LogP contribution in [-0.2, 0) is 6.54 Å². The van der Waals surface area contributed by atoms with E-state index in [2.05, 4.69) is 15.0 Å². The predicted octanol–water partition coefficient (Wildman–Crippen LogP) is 3.34. The number of carbonyl (C=O) groups is 1. The quantitative estimate of drug-likeness (QED) is 0.815. The van der Waals surface area contributed by atoms with E-state index in [9.17, 15) is 18.0 Å². The number of hydrogen-bond donors (Lipinski definition) is 2. The first kappa shape index (κ1) is 16.9. The van der Waals surface area contributed by atoms with Crippen molar-refractivity contribution in [3.05, 3.63) is 52.8 Å². The first-order chi connectivity index (χ1) is 10.8. The van der Waals surface area contributed by atoms with Crippen LogP contribution in [-0.4, -0.2) is 17.3 Å². The molecule has 1 aromatic heterocycles. The summed E-state index contributed by atoms with van der Waals surface area (Å²) in [6.45, 7) is -0.0348. The van der Waals surface area contributed by atoms with E-state index in [1.165, 1.54) is 30.5 Å². The topological polar surface area (TPSA) is 77.2 Å². The molecular weight excluding hydrogens is 335 g/mol. The summed E-state index contributed by atoms with van der Waals surface area (Å²) in [5.74, 6) is -1.08. The van der Waals surface area contributed by atoms with Crippen molar-refractivity contribution >= 4 is 23.2 Å².